The second-order valence-corrected chi connectivity index (χ2v) is 3.64. The number of rotatable bonds is 4. The van der Waals surface area contributed by atoms with Crippen molar-refractivity contribution in [3.05, 3.63) is 29.8 Å². The zero-order chi connectivity index (χ0) is 10.5. The van der Waals surface area contributed by atoms with Crippen LogP contribution in [0.1, 0.15) is 23.2 Å². The quantitative estimate of drug-likeness (QED) is 0.707. The third kappa shape index (κ3) is 2.80. The molecule has 0 spiro atoms. The molecule has 0 radical (unpaired) electrons. The van der Waals surface area contributed by atoms with Gasteiger partial charge in [0.1, 0.15) is 18.6 Å². The summed E-state index contributed by atoms with van der Waals surface area (Å²) in [5.74, 6) is 0.732. The van der Waals surface area contributed by atoms with E-state index in [9.17, 15) is 4.79 Å². The molecule has 1 heterocycles. The number of hydrogen-bond donors (Lipinski definition) is 0. The average Bonchev–Trinajstić information content (AvgIpc) is 2.79. The van der Waals surface area contributed by atoms with E-state index < -0.39 is 0 Å². The van der Waals surface area contributed by atoms with Crippen LogP contribution in [0.15, 0.2) is 24.3 Å². The van der Waals surface area contributed by atoms with Crippen LogP contribution in [0.4, 0.5) is 0 Å². The molecule has 2 rings (SSSR count). The van der Waals surface area contributed by atoms with Crippen molar-refractivity contribution in [1.29, 1.82) is 0 Å². The summed E-state index contributed by atoms with van der Waals surface area (Å²) >= 11 is 0. The molecule has 1 fully saturated rings. The highest BCUT2D eigenvalue weighted by molar-refractivity contribution is 5.75. The Hall–Kier alpha value is -1.35. The summed E-state index contributed by atoms with van der Waals surface area (Å²) in [7, 11) is 0. The van der Waals surface area contributed by atoms with Crippen LogP contribution in [-0.4, -0.2) is 25.6 Å². The lowest BCUT2D eigenvalue weighted by atomic mass is 10.2. The summed E-state index contributed by atoms with van der Waals surface area (Å²) in [5.41, 5.74) is 0.639. The van der Waals surface area contributed by atoms with Gasteiger partial charge < -0.3 is 9.47 Å². The molecule has 0 bridgehead atoms. The maximum absolute atomic E-state index is 10.5. The SMILES string of the molecule is O=Cc1cccc(OC[C@H]2CCCO2)c1. The average molecular weight is 206 g/mol. The molecule has 1 aliphatic rings. The molecule has 3 heteroatoms. The minimum absolute atomic E-state index is 0.213. The molecule has 1 aromatic rings. The van der Waals surface area contributed by atoms with Gasteiger partial charge >= 0.3 is 0 Å². The molecule has 0 aliphatic carbocycles. The van der Waals surface area contributed by atoms with Gasteiger partial charge in [0.05, 0.1) is 6.10 Å². The molecule has 1 aromatic carbocycles. The monoisotopic (exact) mass is 206 g/mol. The number of ether oxygens (including phenoxy) is 2. The third-order valence-corrected chi connectivity index (χ3v) is 2.45. The van der Waals surface area contributed by atoms with Gasteiger partial charge in [0.25, 0.3) is 0 Å². The number of benzene rings is 1. The normalized spacial score (nSPS) is 20.1. The van der Waals surface area contributed by atoms with Crippen molar-refractivity contribution in [2.45, 2.75) is 18.9 Å². The van der Waals surface area contributed by atoms with Crippen LogP contribution in [0.5, 0.6) is 5.75 Å². The highest BCUT2D eigenvalue weighted by Gasteiger charge is 2.15. The predicted octanol–water partition coefficient (Wildman–Crippen LogP) is 2.06. The minimum Gasteiger partial charge on any atom is -0.491 e. The molecule has 3 nitrogen and oxygen atoms in total. The lowest BCUT2D eigenvalue weighted by Crippen LogP contribution is -2.16. The Kier molecular flexibility index (Phi) is 3.35. The zero-order valence-corrected chi connectivity index (χ0v) is 8.52. The van der Waals surface area contributed by atoms with Crippen LogP contribution in [0.25, 0.3) is 0 Å². The van der Waals surface area contributed by atoms with Crippen LogP contribution in [-0.2, 0) is 4.74 Å². The minimum atomic E-state index is 0.213. The molecule has 80 valence electrons. The van der Waals surface area contributed by atoms with Gasteiger partial charge in [0.2, 0.25) is 0 Å². The van der Waals surface area contributed by atoms with Gasteiger partial charge in [0, 0.05) is 12.2 Å². The summed E-state index contributed by atoms with van der Waals surface area (Å²) < 4.78 is 11.0. The van der Waals surface area contributed by atoms with E-state index in [-0.39, 0.29) is 6.10 Å². The van der Waals surface area contributed by atoms with Crippen LogP contribution < -0.4 is 4.74 Å². The van der Waals surface area contributed by atoms with Crippen LogP contribution >= 0.6 is 0 Å². The van der Waals surface area contributed by atoms with Crippen molar-refractivity contribution in [3.8, 4) is 5.75 Å². The Morgan fingerprint density at radius 1 is 1.53 bits per heavy atom. The largest absolute Gasteiger partial charge is 0.491 e. The standard InChI is InChI=1S/C12H14O3/c13-8-10-3-1-4-11(7-10)15-9-12-5-2-6-14-12/h1,3-4,7-8,12H,2,5-6,9H2/t12-/m1/s1. The van der Waals surface area contributed by atoms with Crippen LogP contribution in [0, 0.1) is 0 Å². The molecule has 0 unspecified atom stereocenters. The highest BCUT2D eigenvalue weighted by atomic mass is 16.5. The second-order valence-electron chi connectivity index (χ2n) is 3.64. The van der Waals surface area contributed by atoms with E-state index in [4.69, 9.17) is 9.47 Å². The van der Waals surface area contributed by atoms with Gasteiger partial charge in [-0.15, -0.1) is 0 Å². The first kappa shape index (κ1) is 10.2. The Balaban J connectivity index is 1.89. The van der Waals surface area contributed by atoms with E-state index in [1.165, 1.54) is 0 Å². The van der Waals surface area contributed by atoms with E-state index in [2.05, 4.69) is 0 Å². The maximum Gasteiger partial charge on any atom is 0.150 e. The first-order valence-corrected chi connectivity index (χ1v) is 5.18. The highest BCUT2D eigenvalue weighted by Crippen LogP contribution is 2.16. The van der Waals surface area contributed by atoms with E-state index in [1.807, 2.05) is 12.1 Å². The Labute approximate surface area is 89.0 Å². The van der Waals surface area contributed by atoms with Gasteiger partial charge in [-0.2, -0.15) is 0 Å². The molecule has 0 aromatic heterocycles. The van der Waals surface area contributed by atoms with Crippen molar-refractivity contribution in [1.82, 2.24) is 0 Å². The van der Waals surface area contributed by atoms with Gasteiger partial charge in [-0.25, -0.2) is 0 Å². The Bertz CT molecular complexity index is 329. The summed E-state index contributed by atoms with van der Waals surface area (Å²) in [4.78, 5) is 10.5. The summed E-state index contributed by atoms with van der Waals surface area (Å²) in [6.07, 6.45) is 3.21. The smallest absolute Gasteiger partial charge is 0.150 e. The Morgan fingerprint density at radius 2 is 2.47 bits per heavy atom. The molecule has 0 saturated carbocycles. The molecular weight excluding hydrogens is 192 g/mol. The molecule has 1 saturated heterocycles. The van der Waals surface area contributed by atoms with Crippen molar-refractivity contribution in [2.75, 3.05) is 13.2 Å². The van der Waals surface area contributed by atoms with Crippen LogP contribution in [0.2, 0.25) is 0 Å². The van der Waals surface area contributed by atoms with Crippen molar-refractivity contribution in [3.63, 3.8) is 0 Å². The molecule has 15 heavy (non-hydrogen) atoms. The van der Waals surface area contributed by atoms with E-state index >= 15 is 0 Å². The second kappa shape index (κ2) is 4.94. The van der Waals surface area contributed by atoms with Gasteiger partial charge in [0.15, 0.2) is 0 Å². The summed E-state index contributed by atoms with van der Waals surface area (Å²) in [6.45, 7) is 1.41. The maximum atomic E-state index is 10.5. The molecular formula is C12H14O3. The lowest BCUT2D eigenvalue weighted by molar-refractivity contribution is 0.0679. The van der Waals surface area contributed by atoms with Crippen LogP contribution in [0.3, 0.4) is 0 Å². The topological polar surface area (TPSA) is 35.5 Å². The predicted molar refractivity (Wildman–Crippen MR) is 56.3 cm³/mol. The van der Waals surface area contributed by atoms with Crippen molar-refractivity contribution < 1.29 is 14.3 Å². The first-order valence-electron chi connectivity index (χ1n) is 5.18. The lowest BCUT2D eigenvalue weighted by Gasteiger charge is -2.11. The zero-order valence-electron chi connectivity index (χ0n) is 8.52. The summed E-state index contributed by atoms with van der Waals surface area (Å²) in [6, 6.07) is 7.16. The molecule has 0 amide bonds. The van der Waals surface area contributed by atoms with Gasteiger partial charge in [-0.05, 0) is 25.0 Å². The third-order valence-electron chi connectivity index (χ3n) is 2.45. The fourth-order valence-electron chi connectivity index (χ4n) is 1.64. The van der Waals surface area contributed by atoms with Crippen molar-refractivity contribution >= 4 is 6.29 Å². The van der Waals surface area contributed by atoms with E-state index in [0.717, 1.165) is 31.5 Å². The van der Waals surface area contributed by atoms with E-state index in [0.29, 0.717) is 12.2 Å². The summed E-state index contributed by atoms with van der Waals surface area (Å²) in [5, 5.41) is 0. The molecule has 1 aliphatic heterocycles. The fourth-order valence-corrected chi connectivity index (χ4v) is 1.64. The number of carbonyl (C=O) groups is 1. The fraction of sp³-hybridized carbons (Fsp3) is 0.417. The molecule has 0 N–H and O–H groups in total. The van der Waals surface area contributed by atoms with Gasteiger partial charge in [-0.1, -0.05) is 12.1 Å². The first-order chi connectivity index (χ1) is 7.38. The van der Waals surface area contributed by atoms with Crippen molar-refractivity contribution in [2.24, 2.45) is 0 Å². The Morgan fingerprint density at radius 3 is 3.20 bits per heavy atom. The van der Waals surface area contributed by atoms with E-state index in [1.54, 1.807) is 12.1 Å². The number of aldehydes is 1. The number of hydrogen-bond acceptors (Lipinski definition) is 3. The number of carbonyl (C=O) groups excluding carboxylic acids is 1. The van der Waals surface area contributed by atoms with Gasteiger partial charge in [-0.3, -0.25) is 4.79 Å². The molecule has 1 atom stereocenters.